The van der Waals surface area contributed by atoms with Crippen molar-refractivity contribution in [3.8, 4) is 0 Å². The summed E-state index contributed by atoms with van der Waals surface area (Å²) in [6.45, 7) is 3.57. The highest BCUT2D eigenvalue weighted by Crippen LogP contribution is 2.35. The van der Waals surface area contributed by atoms with E-state index in [0.717, 1.165) is 37.3 Å². The van der Waals surface area contributed by atoms with Crippen LogP contribution in [0.4, 0.5) is 0 Å². The Bertz CT molecular complexity index is 607. The molecule has 1 saturated heterocycles. The topological polar surface area (TPSA) is 61.9 Å². The van der Waals surface area contributed by atoms with Crippen LogP contribution in [-0.4, -0.2) is 39.1 Å². The van der Waals surface area contributed by atoms with Crippen LogP contribution < -0.4 is 0 Å². The molecule has 0 bridgehead atoms. The maximum atomic E-state index is 12.8. The Morgan fingerprint density at radius 3 is 2.62 bits per heavy atom. The molecule has 1 aromatic carbocycles. The number of nitrogens with one attached hydrogen (secondary N) is 1. The molecule has 1 aliphatic rings. The molecule has 1 fully saturated rings. The van der Waals surface area contributed by atoms with E-state index in [2.05, 4.69) is 15.2 Å². The summed E-state index contributed by atoms with van der Waals surface area (Å²) in [5, 5.41) is 7.31. The van der Waals surface area contributed by atoms with Crippen molar-refractivity contribution in [2.45, 2.75) is 30.2 Å². The first-order valence-corrected chi connectivity index (χ1v) is 8.01. The van der Waals surface area contributed by atoms with Gasteiger partial charge in [0.2, 0.25) is 11.1 Å². The number of nitrogens with zero attached hydrogens (tertiary/aromatic N) is 3. The first kappa shape index (κ1) is 14.1. The van der Waals surface area contributed by atoms with Crippen LogP contribution in [0.25, 0.3) is 0 Å². The fourth-order valence-electron chi connectivity index (χ4n) is 2.47. The van der Waals surface area contributed by atoms with E-state index >= 15 is 0 Å². The van der Waals surface area contributed by atoms with Gasteiger partial charge in [0.25, 0.3) is 0 Å². The molecule has 2 heterocycles. The zero-order chi connectivity index (χ0) is 14.7. The Morgan fingerprint density at radius 2 is 2.00 bits per heavy atom. The summed E-state index contributed by atoms with van der Waals surface area (Å²) in [7, 11) is 0. The van der Waals surface area contributed by atoms with Crippen molar-refractivity contribution in [1.82, 2.24) is 20.1 Å². The van der Waals surface area contributed by atoms with Crippen LogP contribution in [0.5, 0.6) is 0 Å². The van der Waals surface area contributed by atoms with Gasteiger partial charge >= 0.3 is 0 Å². The minimum absolute atomic E-state index is 0.158. The molecule has 0 saturated carbocycles. The van der Waals surface area contributed by atoms with E-state index in [9.17, 15) is 4.79 Å². The van der Waals surface area contributed by atoms with Crippen LogP contribution in [0.1, 0.15) is 29.5 Å². The number of carbonyl (C=O) groups excluding carboxylic acids is 1. The monoisotopic (exact) mass is 302 g/mol. The summed E-state index contributed by atoms with van der Waals surface area (Å²) < 4.78 is 0. The molecular formula is C15H18N4OS. The first-order chi connectivity index (χ1) is 10.2. The average molecular weight is 302 g/mol. The van der Waals surface area contributed by atoms with Crippen molar-refractivity contribution in [2.24, 2.45) is 0 Å². The van der Waals surface area contributed by atoms with E-state index < -0.39 is 0 Å². The number of hydrogen-bond acceptors (Lipinski definition) is 4. The smallest absolute Gasteiger partial charge is 0.240 e. The van der Waals surface area contributed by atoms with Crippen LogP contribution in [0.15, 0.2) is 35.5 Å². The molecule has 1 N–H and O–H groups in total. The van der Waals surface area contributed by atoms with Gasteiger partial charge in [0.15, 0.2) is 0 Å². The third kappa shape index (κ3) is 3.26. The summed E-state index contributed by atoms with van der Waals surface area (Å²) in [5.41, 5.74) is 1.00. The normalized spacial score (nSPS) is 16.1. The molecule has 6 heteroatoms. The lowest BCUT2D eigenvalue weighted by molar-refractivity contribution is -0.129. The van der Waals surface area contributed by atoms with Crippen molar-refractivity contribution in [3.05, 3.63) is 41.7 Å². The number of benzene rings is 1. The van der Waals surface area contributed by atoms with Crippen LogP contribution >= 0.6 is 11.8 Å². The van der Waals surface area contributed by atoms with Gasteiger partial charge in [-0.2, -0.15) is 0 Å². The third-order valence-corrected chi connectivity index (χ3v) is 4.65. The van der Waals surface area contributed by atoms with Crippen molar-refractivity contribution in [3.63, 3.8) is 0 Å². The number of aryl methyl sites for hydroxylation is 1. The number of carbonyl (C=O) groups is 1. The highest BCUT2D eigenvalue weighted by atomic mass is 32.2. The molecule has 0 aliphatic carbocycles. The molecule has 1 amide bonds. The Morgan fingerprint density at radius 1 is 1.29 bits per heavy atom. The van der Waals surface area contributed by atoms with Gasteiger partial charge in [-0.15, -0.1) is 5.10 Å². The molecular weight excluding hydrogens is 284 g/mol. The largest absolute Gasteiger partial charge is 0.341 e. The quantitative estimate of drug-likeness (QED) is 0.882. The lowest BCUT2D eigenvalue weighted by atomic mass is 10.1. The van der Waals surface area contributed by atoms with E-state index in [1.807, 2.05) is 42.2 Å². The number of thioether (sulfide) groups is 1. The molecule has 5 nitrogen and oxygen atoms in total. The zero-order valence-corrected chi connectivity index (χ0v) is 12.8. The molecule has 0 spiro atoms. The first-order valence-electron chi connectivity index (χ1n) is 7.13. The molecule has 3 rings (SSSR count). The Labute approximate surface area is 128 Å². The maximum absolute atomic E-state index is 12.8. The average Bonchev–Trinajstić information content (AvgIpc) is 3.16. The van der Waals surface area contributed by atoms with Crippen molar-refractivity contribution in [2.75, 3.05) is 13.1 Å². The summed E-state index contributed by atoms with van der Waals surface area (Å²) in [4.78, 5) is 19.1. The highest BCUT2D eigenvalue weighted by Gasteiger charge is 2.29. The van der Waals surface area contributed by atoms with Crippen LogP contribution in [0.3, 0.4) is 0 Å². The minimum Gasteiger partial charge on any atom is -0.341 e. The van der Waals surface area contributed by atoms with Crippen molar-refractivity contribution >= 4 is 17.7 Å². The number of H-pyrrole nitrogens is 1. The van der Waals surface area contributed by atoms with Crippen LogP contribution in [-0.2, 0) is 4.79 Å². The third-order valence-electron chi connectivity index (χ3n) is 3.54. The number of aromatic amines is 1. The Balaban J connectivity index is 1.85. The number of likely N-dealkylation sites (tertiary alicyclic amines) is 1. The number of rotatable bonds is 4. The summed E-state index contributed by atoms with van der Waals surface area (Å²) in [6, 6.07) is 9.87. The fraction of sp³-hybridized carbons (Fsp3) is 0.400. The van der Waals surface area contributed by atoms with E-state index in [-0.39, 0.29) is 11.2 Å². The lowest BCUT2D eigenvalue weighted by Crippen LogP contribution is -2.31. The molecule has 0 radical (unpaired) electrons. The summed E-state index contributed by atoms with van der Waals surface area (Å²) >= 11 is 1.41. The van der Waals surface area contributed by atoms with Gasteiger partial charge in [-0.25, -0.2) is 4.98 Å². The fourth-order valence-corrected chi connectivity index (χ4v) is 3.51. The van der Waals surface area contributed by atoms with Gasteiger partial charge < -0.3 is 4.90 Å². The number of aromatic nitrogens is 3. The molecule has 1 aliphatic heterocycles. The van der Waals surface area contributed by atoms with Crippen LogP contribution in [0.2, 0.25) is 0 Å². The van der Waals surface area contributed by atoms with Crippen LogP contribution in [0, 0.1) is 6.92 Å². The Hall–Kier alpha value is -1.82. The molecule has 2 aromatic rings. The standard InChI is InChI=1S/C15H18N4OS/c1-11-16-15(18-17-11)21-13(12-7-3-2-4-8-12)14(20)19-9-5-6-10-19/h2-4,7-8,13H,5-6,9-10H2,1H3,(H,16,17,18)/t13-/m1/s1. The van der Waals surface area contributed by atoms with Gasteiger partial charge in [-0.1, -0.05) is 42.1 Å². The number of amides is 1. The van der Waals surface area contributed by atoms with E-state index in [4.69, 9.17) is 0 Å². The van der Waals surface area contributed by atoms with Gasteiger partial charge in [0.05, 0.1) is 0 Å². The van der Waals surface area contributed by atoms with E-state index in [1.165, 1.54) is 11.8 Å². The van der Waals surface area contributed by atoms with E-state index in [0.29, 0.717) is 5.16 Å². The summed E-state index contributed by atoms with van der Waals surface area (Å²) in [6.07, 6.45) is 2.19. The predicted molar refractivity (Wildman–Crippen MR) is 82.0 cm³/mol. The molecule has 1 atom stereocenters. The molecule has 110 valence electrons. The lowest BCUT2D eigenvalue weighted by Gasteiger charge is -2.22. The van der Waals surface area contributed by atoms with Gasteiger partial charge in [-0.05, 0) is 25.3 Å². The minimum atomic E-state index is -0.278. The summed E-state index contributed by atoms with van der Waals surface area (Å²) in [5.74, 6) is 0.920. The van der Waals surface area contributed by atoms with E-state index in [1.54, 1.807) is 0 Å². The maximum Gasteiger partial charge on any atom is 0.240 e. The predicted octanol–water partition coefficient (Wildman–Crippen LogP) is 2.57. The second-order valence-electron chi connectivity index (χ2n) is 5.14. The zero-order valence-electron chi connectivity index (χ0n) is 12.0. The van der Waals surface area contributed by atoms with Gasteiger partial charge in [0.1, 0.15) is 11.1 Å². The molecule has 1 aromatic heterocycles. The van der Waals surface area contributed by atoms with Crippen molar-refractivity contribution in [1.29, 1.82) is 0 Å². The number of hydrogen-bond donors (Lipinski definition) is 1. The second-order valence-corrected chi connectivity index (χ2v) is 6.22. The molecule has 21 heavy (non-hydrogen) atoms. The SMILES string of the molecule is Cc1nc(S[C@@H](C(=O)N2CCCC2)c2ccccc2)n[nH]1. The van der Waals surface area contributed by atoms with Gasteiger partial charge in [-0.3, -0.25) is 9.89 Å². The second kappa shape index (κ2) is 6.30. The highest BCUT2D eigenvalue weighted by molar-refractivity contribution is 8.00. The van der Waals surface area contributed by atoms with Gasteiger partial charge in [0, 0.05) is 13.1 Å². The molecule has 0 unspecified atom stereocenters. The van der Waals surface area contributed by atoms with Crippen molar-refractivity contribution < 1.29 is 4.79 Å². The Kier molecular flexibility index (Phi) is 4.24.